The summed E-state index contributed by atoms with van der Waals surface area (Å²) in [6.07, 6.45) is -0.292. The number of hydrogen-bond donors (Lipinski definition) is 0. The van der Waals surface area contributed by atoms with E-state index >= 15 is 0 Å². The van der Waals surface area contributed by atoms with Crippen molar-refractivity contribution >= 4 is 9.84 Å². The van der Waals surface area contributed by atoms with Gasteiger partial charge < -0.3 is 14.2 Å². The zero-order valence-corrected chi connectivity index (χ0v) is 14.4. The predicted molar refractivity (Wildman–Crippen MR) is 85.2 cm³/mol. The molecule has 0 unspecified atom stereocenters. The fourth-order valence-corrected chi connectivity index (χ4v) is 4.52. The molecule has 0 saturated carbocycles. The van der Waals surface area contributed by atoms with Gasteiger partial charge in [0.25, 0.3) is 0 Å². The van der Waals surface area contributed by atoms with Gasteiger partial charge in [-0.05, 0) is 26.0 Å². The Hall–Kier alpha value is -1.21. The highest BCUT2D eigenvalue weighted by molar-refractivity contribution is 7.95. The van der Waals surface area contributed by atoms with E-state index in [0.717, 1.165) is 0 Å². The molecule has 1 aromatic rings. The maximum Gasteiger partial charge on any atom is 0.202 e. The molecule has 4 atom stereocenters. The quantitative estimate of drug-likeness (QED) is 0.845. The number of sulfone groups is 1. The van der Waals surface area contributed by atoms with Gasteiger partial charge in [-0.2, -0.15) is 0 Å². The summed E-state index contributed by atoms with van der Waals surface area (Å²) >= 11 is 0. The third kappa shape index (κ3) is 3.08. The zero-order chi connectivity index (χ0) is 16.8. The molecule has 2 fully saturated rings. The fourth-order valence-electron chi connectivity index (χ4n) is 3.06. The van der Waals surface area contributed by atoms with Crippen LogP contribution in [0.5, 0.6) is 0 Å². The molecule has 2 heterocycles. The molecule has 5 nitrogen and oxygen atoms in total. The van der Waals surface area contributed by atoms with Gasteiger partial charge in [-0.1, -0.05) is 31.7 Å². The van der Waals surface area contributed by atoms with E-state index in [2.05, 4.69) is 6.58 Å². The topological polar surface area (TPSA) is 61.8 Å². The molecule has 0 aromatic heterocycles. The Balaban J connectivity index is 1.72. The summed E-state index contributed by atoms with van der Waals surface area (Å²) < 4.78 is 42.6. The first kappa shape index (κ1) is 16.6. The molecule has 0 N–H and O–H groups in total. The van der Waals surface area contributed by atoms with E-state index in [1.54, 1.807) is 30.3 Å². The van der Waals surface area contributed by atoms with Crippen molar-refractivity contribution in [1.29, 1.82) is 0 Å². The molecule has 2 saturated heterocycles. The van der Waals surface area contributed by atoms with Crippen LogP contribution in [0.2, 0.25) is 0 Å². The van der Waals surface area contributed by atoms with Gasteiger partial charge in [-0.25, -0.2) is 8.42 Å². The monoisotopic (exact) mass is 338 g/mol. The van der Waals surface area contributed by atoms with E-state index in [-0.39, 0.29) is 27.9 Å². The van der Waals surface area contributed by atoms with Crippen LogP contribution < -0.4 is 0 Å². The van der Waals surface area contributed by atoms with Gasteiger partial charge in [-0.15, -0.1) is 0 Å². The van der Waals surface area contributed by atoms with Crippen molar-refractivity contribution in [2.45, 2.75) is 56.4 Å². The first-order chi connectivity index (χ1) is 10.7. The van der Waals surface area contributed by atoms with Gasteiger partial charge in [0, 0.05) is 17.2 Å². The van der Waals surface area contributed by atoms with E-state index in [1.165, 1.54) is 0 Å². The van der Waals surface area contributed by atoms with Gasteiger partial charge in [0.1, 0.15) is 6.10 Å². The fraction of sp³-hybridized carbons (Fsp3) is 0.529. The lowest BCUT2D eigenvalue weighted by Crippen LogP contribution is -2.28. The number of rotatable bonds is 4. The first-order valence-corrected chi connectivity index (χ1v) is 9.19. The van der Waals surface area contributed by atoms with E-state index in [4.69, 9.17) is 14.2 Å². The van der Waals surface area contributed by atoms with Gasteiger partial charge in [-0.3, -0.25) is 0 Å². The summed E-state index contributed by atoms with van der Waals surface area (Å²) in [5.41, 5.74) is 0. The van der Waals surface area contributed by atoms with E-state index in [9.17, 15) is 8.42 Å². The Bertz CT molecular complexity index is 679. The molecule has 0 amide bonds. The highest BCUT2D eigenvalue weighted by atomic mass is 32.2. The largest absolute Gasteiger partial charge is 0.346 e. The number of ether oxygens (including phenoxy) is 3. The third-order valence-corrected chi connectivity index (χ3v) is 6.33. The maximum absolute atomic E-state index is 12.7. The lowest BCUT2D eigenvalue weighted by molar-refractivity contribution is -0.207. The Kier molecular flexibility index (Phi) is 4.13. The Labute approximate surface area is 137 Å². The lowest BCUT2D eigenvalue weighted by atomic mass is 10.0. The van der Waals surface area contributed by atoms with Gasteiger partial charge in [0.2, 0.25) is 9.84 Å². The molecule has 23 heavy (non-hydrogen) atoms. The summed E-state index contributed by atoms with van der Waals surface area (Å²) in [4.78, 5) is 0.414. The molecule has 0 aliphatic carbocycles. The zero-order valence-electron chi connectivity index (χ0n) is 13.6. The van der Waals surface area contributed by atoms with Gasteiger partial charge >= 0.3 is 0 Å². The minimum atomic E-state index is -3.58. The number of fused-ring (bicyclic) bond motifs is 1. The van der Waals surface area contributed by atoms with Crippen LogP contribution in [0.25, 0.3) is 0 Å². The smallest absolute Gasteiger partial charge is 0.202 e. The van der Waals surface area contributed by atoms with Crippen molar-refractivity contribution in [3.05, 3.63) is 41.8 Å². The Morgan fingerprint density at radius 1 is 1.26 bits per heavy atom. The highest BCUT2D eigenvalue weighted by Gasteiger charge is 2.50. The maximum atomic E-state index is 12.7. The van der Waals surface area contributed by atoms with E-state index < -0.39 is 21.9 Å². The second-order valence-electron chi connectivity index (χ2n) is 6.52. The van der Waals surface area contributed by atoms with Crippen LogP contribution >= 0.6 is 0 Å². The minimum absolute atomic E-state index is 0.160. The summed E-state index contributed by atoms with van der Waals surface area (Å²) in [6, 6.07) is 8.33. The molecule has 6 heteroatoms. The van der Waals surface area contributed by atoms with Crippen molar-refractivity contribution < 1.29 is 22.6 Å². The molecule has 3 rings (SSSR count). The summed E-state index contributed by atoms with van der Waals surface area (Å²) in [7, 11) is -3.58. The van der Waals surface area contributed by atoms with Crippen molar-refractivity contribution in [3.63, 3.8) is 0 Å². The van der Waals surface area contributed by atoms with Crippen LogP contribution in [0, 0.1) is 5.92 Å². The predicted octanol–water partition coefficient (Wildman–Crippen LogP) is 2.88. The van der Waals surface area contributed by atoms with Crippen molar-refractivity contribution in [2.75, 3.05) is 0 Å². The summed E-state index contributed by atoms with van der Waals surface area (Å²) in [6.45, 7) is 9.32. The standard InChI is InChI=1S/C17H22O5S/c1-11(12(2)23(18,19)13-8-6-5-7-9-13)14-10-15-16(20-14)22-17(3,4)21-15/h5-9,11,14-16H,2,10H2,1,3-4H3/t11-,14-,15+,16+/m0/s1. The van der Waals surface area contributed by atoms with Crippen molar-refractivity contribution in [2.24, 2.45) is 5.92 Å². The third-order valence-electron chi connectivity index (χ3n) is 4.38. The molecular formula is C17H22O5S. The van der Waals surface area contributed by atoms with Gasteiger partial charge in [0.15, 0.2) is 12.1 Å². The molecule has 0 bridgehead atoms. The normalized spacial score (nSPS) is 30.8. The Morgan fingerprint density at radius 3 is 2.52 bits per heavy atom. The summed E-state index contributed by atoms with van der Waals surface area (Å²) in [5.74, 6) is -1.00. The van der Waals surface area contributed by atoms with Gasteiger partial charge in [0.05, 0.1) is 11.0 Å². The average molecular weight is 338 g/mol. The average Bonchev–Trinajstić information content (AvgIpc) is 3.00. The number of hydrogen-bond acceptors (Lipinski definition) is 5. The SMILES string of the molecule is C=C([C@H](C)[C@@H]1C[C@H]2OC(C)(C)O[C@H]2O1)S(=O)(=O)c1ccccc1. The molecule has 0 spiro atoms. The molecule has 126 valence electrons. The van der Waals surface area contributed by atoms with Crippen LogP contribution in [-0.4, -0.2) is 32.7 Å². The van der Waals surface area contributed by atoms with Crippen LogP contribution in [0.1, 0.15) is 27.2 Å². The van der Waals surface area contributed by atoms with Crippen LogP contribution in [0.4, 0.5) is 0 Å². The van der Waals surface area contributed by atoms with Crippen LogP contribution in [0.15, 0.2) is 46.7 Å². The molecule has 1 aromatic carbocycles. The minimum Gasteiger partial charge on any atom is -0.346 e. The highest BCUT2D eigenvalue weighted by Crippen LogP contribution is 2.41. The van der Waals surface area contributed by atoms with Crippen molar-refractivity contribution in [3.8, 4) is 0 Å². The number of benzene rings is 1. The van der Waals surface area contributed by atoms with Crippen LogP contribution in [0.3, 0.4) is 0 Å². The molecule has 0 radical (unpaired) electrons. The molecule has 2 aliphatic rings. The van der Waals surface area contributed by atoms with Crippen LogP contribution in [-0.2, 0) is 24.0 Å². The summed E-state index contributed by atoms with van der Waals surface area (Å²) in [5, 5.41) is 0. The van der Waals surface area contributed by atoms with E-state index in [0.29, 0.717) is 6.42 Å². The second-order valence-corrected chi connectivity index (χ2v) is 8.53. The molecular weight excluding hydrogens is 316 g/mol. The lowest BCUT2D eigenvalue weighted by Gasteiger charge is -2.25. The Morgan fingerprint density at radius 2 is 1.91 bits per heavy atom. The van der Waals surface area contributed by atoms with Crippen molar-refractivity contribution in [1.82, 2.24) is 0 Å². The molecule has 2 aliphatic heterocycles. The van der Waals surface area contributed by atoms with E-state index in [1.807, 2.05) is 20.8 Å². The first-order valence-electron chi connectivity index (χ1n) is 7.71. The second kappa shape index (κ2) is 5.70.